The van der Waals surface area contributed by atoms with Crippen molar-refractivity contribution in [3.05, 3.63) is 77.7 Å². The lowest BCUT2D eigenvalue weighted by molar-refractivity contribution is 0.0908. The summed E-state index contributed by atoms with van der Waals surface area (Å²) in [6.45, 7) is 9.12. The van der Waals surface area contributed by atoms with Gasteiger partial charge in [0.2, 0.25) is 0 Å². The third-order valence-corrected chi connectivity index (χ3v) is 7.52. The van der Waals surface area contributed by atoms with Crippen LogP contribution in [0.1, 0.15) is 34.3 Å². The molecule has 2 fully saturated rings. The largest absolute Gasteiger partial charge is 0.354 e. The number of rotatable bonds is 6. The van der Waals surface area contributed by atoms with E-state index in [0.717, 1.165) is 86.7 Å². The third-order valence-electron chi connectivity index (χ3n) is 7.52. The number of piperazine rings is 1. The molecular weight excluding hydrogens is 448 g/mol. The quantitative estimate of drug-likeness (QED) is 0.577. The minimum Gasteiger partial charge on any atom is -0.354 e. The third kappa shape index (κ3) is 5.74. The highest BCUT2D eigenvalue weighted by Gasteiger charge is 2.23. The minimum atomic E-state index is 0.0142. The van der Waals surface area contributed by atoms with Crippen molar-refractivity contribution in [2.24, 2.45) is 0 Å². The van der Waals surface area contributed by atoms with Crippen LogP contribution in [0, 0.1) is 6.92 Å². The van der Waals surface area contributed by atoms with E-state index in [-0.39, 0.29) is 11.9 Å². The summed E-state index contributed by atoms with van der Waals surface area (Å²) < 4.78 is 0. The number of likely N-dealkylation sites (tertiary alicyclic amines) is 1. The smallest absolute Gasteiger partial charge is 0.251 e. The van der Waals surface area contributed by atoms with E-state index >= 15 is 0 Å². The van der Waals surface area contributed by atoms with E-state index in [1.54, 1.807) is 6.20 Å². The van der Waals surface area contributed by atoms with E-state index in [4.69, 9.17) is 4.98 Å². The molecule has 0 spiro atoms. The molecule has 5 rings (SSSR count). The van der Waals surface area contributed by atoms with Crippen molar-refractivity contribution in [2.45, 2.75) is 32.4 Å². The first-order valence-corrected chi connectivity index (χ1v) is 13.0. The highest BCUT2D eigenvalue weighted by molar-refractivity contribution is 5.97. The summed E-state index contributed by atoms with van der Waals surface area (Å²) >= 11 is 0. The molecule has 0 unspecified atom stereocenters. The monoisotopic (exact) mass is 484 g/mol. The summed E-state index contributed by atoms with van der Waals surface area (Å²) in [5.74, 6) is 1.09. The molecule has 3 aromatic rings. The normalized spacial score (nSPS) is 17.8. The number of pyridine rings is 2. The number of likely N-dealkylation sites (N-methyl/N-ethyl adjacent to an activating group) is 1. The van der Waals surface area contributed by atoms with Crippen molar-refractivity contribution in [1.82, 2.24) is 25.1 Å². The standard InChI is InChI=1S/C29H36N6O/c1-22-26(24-5-4-12-30-20-24)6-3-7-27(22)29(36)32-25-10-13-34(14-11-25)21-23-8-9-28(31-19-23)35-17-15-33(2)16-18-35/h3-9,12,19-20,25H,10-11,13-18,21H2,1-2H3,(H,32,36). The van der Waals surface area contributed by atoms with E-state index in [1.807, 2.05) is 49.6 Å². The molecule has 0 aliphatic carbocycles. The molecule has 4 heterocycles. The number of anilines is 1. The van der Waals surface area contributed by atoms with Gasteiger partial charge < -0.3 is 15.1 Å². The minimum absolute atomic E-state index is 0.0142. The SMILES string of the molecule is Cc1c(C(=O)NC2CCN(Cc3ccc(N4CCN(C)CC4)nc3)CC2)cccc1-c1cccnc1. The fourth-order valence-corrected chi connectivity index (χ4v) is 5.21. The molecule has 2 saturated heterocycles. The van der Waals surface area contributed by atoms with Crippen LogP contribution in [0.15, 0.2) is 61.1 Å². The summed E-state index contributed by atoms with van der Waals surface area (Å²) in [5, 5.41) is 3.28. The van der Waals surface area contributed by atoms with Crippen LogP contribution in [0.4, 0.5) is 5.82 Å². The van der Waals surface area contributed by atoms with Gasteiger partial charge in [0.25, 0.3) is 5.91 Å². The van der Waals surface area contributed by atoms with Crippen LogP contribution in [-0.2, 0) is 6.54 Å². The molecule has 188 valence electrons. The lowest BCUT2D eigenvalue weighted by Crippen LogP contribution is -2.45. The fourth-order valence-electron chi connectivity index (χ4n) is 5.21. The number of hydrogen-bond acceptors (Lipinski definition) is 6. The number of benzene rings is 1. The average molecular weight is 485 g/mol. The van der Waals surface area contributed by atoms with E-state index in [1.165, 1.54) is 5.56 Å². The number of carbonyl (C=O) groups is 1. The summed E-state index contributed by atoms with van der Waals surface area (Å²) in [4.78, 5) is 29.3. The zero-order chi connectivity index (χ0) is 24.9. The van der Waals surface area contributed by atoms with E-state index < -0.39 is 0 Å². The van der Waals surface area contributed by atoms with E-state index in [2.05, 4.69) is 44.2 Å². The van der Waals surface area contributed by atoms with Crippen molar-refractivity contribution >= 4 is 11.7 Å². The summed E-state index contributed by atoms with van der Waals surface area (Å²) in [7, 11) is 2.17. The maximum atomic E-state index is 13.1. The molecule has 2 aromatic heterocycles. The molecule has 1 aromatic carbocycles. The molecule has 36 heavy (non-hydrogen) atoms. The van der Waals surface area contributed by atoms with Gasteiger partial charge in [0.05, 0.1) is 0 Å². The number of carbonyl (C=O) groups excluding carboxylic acids is 1. The van der Waals surface area contributed by atoms with Crippen LogP contribution in [-0.4, -0.2) is 78.0 Å². The van der Waals surface area contributed by atoms with Gasteiger partial charge in [-0.1, -0.05) is 24.3 Å². The summed E-state index contributed by atoms with van der Waals surface area (Å²) in [5.41, 5.74) is 5.07. The Hall–Kier alpha value is -3.29. The van der Waals surface area contributed by atoms with Crippen molar-refractivity contribution in [2.75, 3.05) is 51.2 Å². The number of nitrogens with zero attached hydrogens (tertiary/aromatic N) is 5. The van der Waals surface area contributed by atoms with Crippen molar-refractivity contribution in [3.63, 3.8) is 0 Å². The van der Waals surface area contributed by atoms with Crippen molar-refractivity contribution in [1.29, 1.82) is 0 Å². The number of aromatic nitrogens is 2. The Labute approximate surface area is 214 Å². The van der Waals surface area contributed by atoms with E-state index in [0.29, 0.717) is 0 Å². The van der Waals surface area contributed by atoms with Crippen LogP contribution >= 0.6 is 0 Å². The zero-order valence-corrected chi connectivity index (χ0v) is 21.4. The summed E-state index contributed by atoms with van der Waals surface area (Å²) in [6, 6.07) is 14.5. The molecule has 1 N–H and O–H groups in total. The Kier molecular flexibility index (Phi) is 7.58. The average Bonchev–Trinajstić information content (AvgIpc) is 2.91. The maximum absolute atomic E-state index is 13.1. The molecular formula is C29H36N6O. The molecule has 2 aliphatic heterocycles. The Morgan fingerprint density at radius 1 is 0.972 bits per heavy atom. The predicted octanol–water partition coefficient (Wildman–Crippen LogP) is 3.60. The van der Waals surface area contributed by atoms with Crippen LogP contribution in [0.2, 0.25) is 0 Å². The lowest BCUT2D eigenvalue weighted by atomic mass is 9.96. The topological polar surface area (TPSA) is 64.6 Å². The Balaban J connectivity index is 1.12. The van der Waals surface area contributed by atoms with Gasteiger partial charge in [-0.05, 0) is 61.7 Å². The number of nitrogens with one attached hydrogen (secondary N) is 1. The molecule has 2 aliphatic rings. The first kappa shape index (κ1) is 24.4. The second-order valence-corrected chi connectivity index (χ2v) is 10.1. The number of hydrogen-bond donors (Lipinski definition) is 1. The Morgan fingerprint density at radius 2 is 1.78 bits per heavy atom. The molecule has 0 bridgehead atoms. The first-order chi connectivity index (χ1) is 17.6. The molecule has 7 nitrogen and oxygen atoms in total. The van der Waals surface area contributed by atoms with Gasteiger partial charge in [-0.2, -0.15) is 0 Å². The fraction of sp³-hybridized carbons (Fsp3) is 0.414. The Bertz CT molecular complexity index is 1150. The highest BCUT2D eigenvalue weighted by Crippen LogP contribution is 2.25. The second-order valence-electron chi connectivity index (χ2n) is 10.1. The van der Waals surface area contributed by atoms with Crippen LogP contribution < -0.4 is 10.2 Å². The van der Waals surface area contributed by atoms with Crippen LogP contribution in [0.3, 0.4) is 0 Å². The van der Waals surface area contributed by atoms with Gasteiger partial charge in [-0.25, -0.2) is 4.98 Å². The van der Waals surface area contributed by atoms with Gasteiger partial charge >= 0.3 is 0 Å². The van der Waals surface area contributed by atoms with Gasteiger partial charge in [0.15, 0.2) is 0 Å². The predicted molar refractivity (Wildman–Crippen MR) is 144 cm³/mol. The summed E-state index contributed by atoms with van der Waals surface area (Å²) in [6.07, 6.45) is 7.55. The Morgan fingerprint density at radius 3 is 2.47 bits per heavy atom. The molecule has 1 amide bonds. The molecule has 0 radical (unpaired) electrons. The molecule has 0 saturated carbocycles. The maximum Gasteiger partial charge on any atom is 0.251 e. The second kappa shape index (κ2) is 11.2. The van der Waals surface area contributed by atoms with E-state index in [9.17, 15) is 4.79 Å². The zero-order valence-electron chi connectivity index (χ0n) is 21.4. The van der Waals surface area contributed by atoms with Crippen LogP contribution in [0.5, 0.6) is 0 Å². The number of amides is 1. The number of piperidine rings is 1. The van der Waals surface area contributed by atoms with Gasteiger partial charge in [0.1, 0.15) is 5.82 Å². The lowest BCUT2D eigenvalue weighted by Gasteiger charge is -2.34. The molecule has 0 atom stereocenters. The van der Waals surface area contributed by atoms with Gasteiger partial charge in [-0.3, -0.25) is 14.7 Å². The first-order valence-electron chi connectivity index (χ1n) is 13.0. The van der Waals surface area contributed by atoms with Crippen molar-refractivity contribution in [3.8, 4) is 11.1 Å². The van der Waals surface area contributed by atoms with Crippen LogP contribution in [0.25, 0.3) is 11.1 Å². The van der Waals surface area contributed by atoms with Gasteiger partial charge in [-0.15, -0.1) is 0 Å². The molecule has 7 heteroatoms. The van der Waals surface area contributed by atoms with Gasteiger partial charge in [0, 0.05) is 81.6 Å². The van der Waals surface area contributed by atoms with Crippen molar-refractivity contribution < 1.29 is 4.79 Å². The highest BCUT2D eigenvalue weighted by atomic mass is 16.1.